The van der Waals surface area contributed by atoms with Crippen LogP contribution >= 0.6 is 0 Å². The minimum atomic E-state index is -4.97. The summed E-state index contributed by atoms with van der Waals surface area (Å²) in [6.45, 7) is 0.140. The summed E-state index contributed by atoms with van der Waals surface area (Å²) in [6.07, 6.45) is -4.94. The third kappa shape index (κ3) is 4.89. The number of amides is 1. The fourth-order valence-corrected chi connectivity index (χ4v) is 2.57. The molecular formula is C19H14F5N3O2. The van der Waals surface area contributed by atoms with Crippen molar-refractivity contribution in [3.8, 4) is 11.4 Å². The van der Waals surface area contributed by atoms with Crippen LogP contribution in [0.1, 0.15) is 11.3 Å². The monoisotopic (exact) mass is 411 g/mol. The summed E-state index contributed by atoms with van der Waals surface area (Å²) in [5.41, 5.74) is -0.882. The van der Waals surface area contributed by atoms with Crippen LogP contribution in [0.5, 0.6) is 5.75 Å². The van der Waals surface area contributed by atoms with Crippen LogP contribution in [0, 0.1) is 11.6 Å². The van der Waals surface area contributed by atoms with Gasteiger partial charge in [0.15, 0.2) is 23.1 Å². The first kappa shape index (κ1) is 20.3. The molecule has 1 heterocycles. The van der Waals surface area contributed by atoms with Gasteiger partial charge in [-0.2, -0.15) is 18.3 Å². The Labute approximate surface area is 161 Å². The molecule has 1 N–H and O–H groups in total. The molecule has 0 atom stereocenters. The van der Waals surface area contributed by atoms with E-state index in [1.54, 1.807) is 0 Å². The summed E-state index contributed by atoms with van der Waals surface area (Å²) in [5.74, 6) is -3.42. The normalized spacial score (nSPS) is 11.3. The number of nitrogens with zero attached hydrogens (tertiary/aromatic N) is 2. The number of nitrogens with one attached hydrogen (secondary N) is 1. The van der Waals surface area contributed by atoms with Gasteiger partial charge < -0.3 is 10.1 Å². The van der Waals surface area contributed by atoms with Crippen molar-refractivity contribution < 1.29 is 31.5 Å². The number of benzene rings is 2. The van der Waals surface area contributed by atoms with Crippen LogP contribution in [0.4, 0.5) is 26.7 Å². The highest BCUT2D eigenvalue weighted by atomic mass is 19.4. The lowest BCUT2D eigenvalue weighted by Crippen LogP contribution is -2.29. The predicted octanol–water partition coefficient (Wildman–Crippen LogP) is 4.50. The van der Waals surface area contributed by atoms with Crippen LogP contribution in [0.3, 0.4) is 0 Å². The quantitative estimate of drug-likeness (QED) is 0.629. The van der Waals surface area contributed by atoms with E-state index in [-0.39, 0.29) is 12.2 Å². The largest absolute Gasteiger partial charge is 0.437 e. The lowest BCUT2D eigenvalue weighted by atomic mass is 10.1. The molecule has 0 spiro atoms. The van der Waals surface area contributed by atoms with Crippen molar-refractivity contribution in [1.29, 1.82) is 0 Å². The van der Waals surface area contributed by atoms with Crippen molar-refractivity contribution in [2.24, 2.45) is 0 Å². The van der Waals surface area contributed by atoms with E-state index in [9.17, 15) is 26.7 Å². The maximum Gasteiger partial charge on any atom is 0.437 e. The highest BCUT2D eigenvalue weighted by Crippen LogP contribution is 2.37. The minimum Gasteiger partial charge on any atom is -0.406 e. The van der Waals surface area contributed by atoms with E-state index in [4.69, 9.17) is 4.74 Å². The smallest absolute Gasteiger partial charge is 0.406 e. The summed E-state index contributed by atoms with van der Waals surface area (Å²) < 4.78 is 72.0. The SMILES string of the molecule is O=C(NCCc1ccccc1)Oc1cnn(-c2ccc(F)c(F)c2)c1C(F)(F)F. The Balaban J connectivity index is 1.76. The molecule has 3 aromatic rings. The summed E-state index contributed by atoms with van der Waals surface area (Å²) in [5, 5.41) is 5.86. The van der Waals surface area contributed by atoms with E-state index in [0.717, 1.165) is 11.6 Å². The number of aromatic nitrogens is 2. The van der Waals surface area contributed by atoms with Crippen molar-refractivity contribution in [2.75, 3.05) is 6.54 Å². The van der Waals surface area contributed by atoms with Crippen molar-refractivity contribution in [3.05, 3.63) is 77.6 Å². The fourth-order valence-electron chi connectivity index (χ4n) is 2.57. The Morgan fingerprint density at radius 3 is 2.45 bits per heavy atom. The number of carbonyl (C=O) groups is 1. The number of ether oxygens (including phenoxy) is 1. The summed E-state index contributed by atoms with van der Waals surface area (Å²) >= 11 is 0. The molecule has 0 radical (unpaired) electrons. The van der Waals surface area contributed by atoms with Crippen LogP contribution in [-0.2, 0) is 12.6 Å². The molecule has 152 valence electrons. The first-order valence-corrected chi connectivity index (χ1v) is 8.36. The van der Waals surface area contributed by atoms with Gasteiger partial charge in [0.2, 0.25) is 0 Å². The number of hydrogen-bond acceptors (Lipinski definition) is 3. The molecule has 0 aliphatic rings. The van der Waals surface area contributed by atoms with Gasteiger partial charge in [0.1, 0.15) is 0 Å². The highest BCUT2D eigenvalue weighted by Gasteiger charge is 2.40. The predicted molar refractivity (Wildman–Crippen MR) is 92.7 cm³/mol. The van der Waals surface area contributed by atoms with Crippen LogP contribution in [0.25, 0.3) is 5.69 Å². The van der Waals surface area contributed by atoms with Gasteiger partial charge in [0, 0.05) is 12.6 Å². The van der Waals surface area contributed by atoms with E-state index >= 15 is 0 Å². The number of rotatable bonds is 5. The molecule has 0 saturated heterocycles. The van der Waals surface area contributed by atoms with Crippen molar-refractivity contribution in [1.82, 2.24) is 15.1 Å². The molecule has 10 heteroatoms. The second kappa shape index (κ2) is 8.29. The standard InChI is InChI=1S/C19H14F5N3O2/c20-14-7-6-13(10-15(14)21)27-17(19(22,23)24)16(11-26-27)29-18(28)25-9-8-12-4-2-1-3-5-12/h1-7,10-11H,8-9H2,(H,25,28). The molecule has 0 bridgehead atoms. The maximum atomic E-state index is 13.5. The van der Waals surface area contributed by atoms with Gasteiger partial charge in [-0.05, 0) is 24.1 Å². The van der Waals surface area contributed by atoms with Crippen molar-refractivity contribution >= 4 is 6.09 Å². The molecule has 0 aliphatic carbocycles. The Kier molecular flexibility index (Phi) is 5.81. The average molecular weight is 411 g/mol. The van der Waals surface area contributed by atoms with E-state index < -0.39 is 35.3 Å². The molecule has 0 saturated carbocycles. The Morgan fingerprint density at radius 1 is 1.07 bits per heavy atom. The van der Waals surface area contributed by atoms with Gasteiger partial charge in [-0.1, -0.05) is 30.3 Å². The molecular weight excluding hydrogens is 397 g/mol. The fraction of sp³-hybridized carbons (Fsp3) is 0.158. The number of halogens is 5. The molecule has 0 unspecified atom stereocenters. The van der Waals surface area contributed by atoms with Gasteiger partial charge in [-0.25, -0.2) is 18.3 Å². The Morgan fingerprint density at radius 2 is 1.79 bits per heavy atom. The van der Waals surface area contributed by atoms with Crippen LogP contribution in [0.2, 0.25) is 0 Å². The van der Waals surface area contributed by atoms with Crippen molar-refractivity contribution in [2.45, 2.75) is 12.6 Å². The van der Waals surface area contributed by atoms with Gasteiger partial charge in [-0.15, -0.1) is 0 Å². The number of alkyl halides is 3. The highest BCUT2D eigenvalue weighted by molar-refractivity contribution is 5.70. The average Bonchev–Trinajstić information content (AvgIpc) is 3.09. The van der Waals surface area contributed by atoms with E-state index in [2.05, 4.69) is 10.4 Å². The summed E-state index contributed by atoms with van der Waals surface area (Å²) in [4.78, 5) is 11.9. The lowest BCUT2D eigenvalue weighted by Gasteiger charge is -2.13. The van der Waals surface area contributed by atoms with Gasteiger partial charge in [-0.3, -0.25) is 0 Å². The summed E-state index contributed by atoms with van der Waals surface area (Å²) in [6, 6.07) is 11.3. The first-order valence-electron chi connectivity index (χ1n) is 8.36. The topological polar surface area (TPSA) is 56.1 Å². The molecule has 3 rings (SSSR count). The Bertz CT molecular complexity index is 1000. The molecule has 29 heavy (non-hydrogen) atoms. The summed E-state index contributed by atoms with van der Waals surface area (Å²) in [7, 11) is 0. The molecule has 1 amide bonds. The van der Waals surface area contributed by atoms with Gasteiger partial charge in [0.25, 0.3) is 0 Å². The zero-order valence-electron chi connectivity index (χ0n) is 14.7. The second-order valence-electron chi connectivity index (χ2n) is 5.92. The number of carbonyl (C=O) groups excluding carboxylic acids is 1. The minimum absolute atomic E-state index is 0.140. The molecule has 0 aliphatic heterocycles. The lowest BCUT2D eigenvalue weighted by molar-refractivity contribution is -0.143. The molecule has 0 fully saturated rings. The van der Waals surface area contributed by atoms with E-state index in [1.165, 1.54) is 0 Å². The van der Waals surface area contributed by atoms with Crippen LogP contribution in [0.15, 0.2) is 54.7 Å². The van der Waals surface area contributed by atoms with E-state index in [1.807, 2.05) is 30.3 Å². The molecule has 5 nitrogen and oxygen atoms in total. The first-order chi connectivity index (χ1) is 13.8. The third-order valence-electron chi connectivity index (χ3n) is 3.88. The van der Waals surface area contributed by atoms with Crippen LogP contribution < -0.4 is 10.1 Å². The van der Waals surface area contributed by atoms with Gasteiger partial charge in [0.05, 0.1) is 11.9 Å². The zero-order chi connectivity index (χ0) is 21.0. The Hall–Kier alpha value is -3.43. The van der Waals surface area contributed by atoms with Crippen LogP contribution in [-0.4, -0.2) is 22.4 Å². The second-order valence-corrected chi connectivity index (χ2v) is 5.92. The van der Waals surface area contributed by atoms with E-state index in [0.29, 0.717) is 29.4 Å². The van der Waals surface area contributed by atoms with Crippen molar-refractivity contribution in [3.63, 3.8) is 0 Å². The number of hydrogen-bond donors (Lipinski definition) is 1. The zero-order valence-corrected chi connectivity index (χ0v) is 14.7. The van der Waals surface area contributed by atoms with Gasteiger partial charge >= 0.3 is 12.3 Å². The maximum absolute atomic E-state index is 13.5. The molecule has 2 aromatic carbocycles. The molecule has 1 aromatic heterocycles. The third-order valence-corrected chi connectivity index (χ3v) is 3.88.